The highest BCUT2D eigenvalue weighted by atomic mass is 32.2. The summed E-state index contributed by atoms with van der Waals surface area (Å²) < 4.78 is 5.64. The summed E-state index contributed by atoms with van der Waals surface area (Å²) in [5.41, 5.74) is 0.375. The average molecular weight is 344 g/mol. The van der Waals surface area contributed by atoms with Crippen LogP contribution >= 0.6 is 11.8 Å². The number of hydrogen-bond acceptors (Lipinski definition) is 5. The highest BCUT2D eigenvalue weighted by Gasteiger charge is 2.32. The maximum atomic E-state index is 12.5. The maximum absolute atomic E-state index is 12.5. The van der Waals surface area contributed by atoms with Crippen molar-refractivity contribution in [3.63, 3.8) is 0 Å². The molecule has 126 valence electrons. The molecule has 6 heteroatoms. The van der Waals surface area contributed by atoms with Crippen LogP contribution in [0.1, 0.15) is 23.2 Å². The molecule has 1 amide bonds. The second-order valence-corrected chi connectivity index (χ2v) is 7.37. The summed E-state index contributed by atoms with van der Waals surface area (Å²) in [6.07, 6.45) is 2.44. The first-order valence-corrected chi connectivity index (χ1v) is 9.37. The Morgan fingerprint density at radius 3 is 2.50 bits per heavy atom. The summed E-state index contributed by atoms with van der Waals surface area (Å²) in [5, 5.41) is 9.32. The lowest BCUT2D eigenvalue weighted by molar-refractivity contribution is -0.132. The molecule has 1 saturated carbocycles. The van der Waals surface area contributed by atoms with Gasteiger partial charge < -0.3 is 9.64 Å². The zero-order valence-electron chi connectivity index (χ0n) is 13.4. The van der Waals surface area contributed by atoms with Crippen LogP contribution in [-0.4, -0.2) is 47.8 Å². The standard InChI is InChI=1S/C18H20N2O3S/c19-11-16(18(22)20-7-9-24-10-8-20)17(21)14-3-5-15(6-4-14)23-12-13-1-2-13/h3-6,13,16H,1-2,7-10,12H2/t16-/m0/s1. The molecule has 24 heavy (non-hydrogen) atoms. The quantitative estimate of drug-likeness (QED) is 0.585. The lowest BCUT2D eigenvalue weighted by Gasteiger charge is -2.27. The molecule has 0 N–H and O–H groups in total. The molecular weight excluding hydrogens is 324 g/mol. The highest BCUT2D eigenvalue weighted by Crippen LogP contribution is 2.29. The molecule has 1 heterocycles. The van der Waals surface area contributed by atoms with Crippen LogP contribution in [0.2, 0.25) is 0 Å². The number of nitrogens with zero attached hydrogens (tertiary/aromatic N) is 2. The SMILES string of the molecule is N#C[C@@H](C(=O)c1ccc(OCC2CC2)cc1)C(=O)N1CCSCC1. The van der Waals surface area contributed by atoms with Crippen molar-refractivity contribution < 1.29 is 14.3 Å². The molecule has 0 spiro atoms. The molecule has 5 nitrogen and oxygen atoms in total. The third-order valence-corrected chi connectivity index (χ3v) is 5.22. The van der Waals surface area contributed by atoms with E-state index in [9.17, 15) is 14.9 Å². The molecule has 0 aromatic heterocycles. The van der Waals surface area contributed by atoms with Gasteiger partial charge in [0.1, 0.15) is 5.75 Å². The minimum atomic E-state index is -1.26. The van der Waals surface area contributed by atoms with Gasteiger partial charge in [0.2, 0.25) is 5.91 Å². The van der Waals surface area contributed by atoms with Crippen molar-refractivity contribution in [1.82, 2.24) is 4.90 Å². The van der Waals surface area contributed by atoms with Crippen LogP contribution in [0.3, 0.4) is 0 Å². The summed E-state index contributed by atoms with van der Waals surface area (Å²) in [6.45, 7) is 1.91. The molecule has 0 radical (unpaired) electrons. The number of amides is 1. The Hall–Kier alpha value is -2.00. The van der Waals surface area contributed by atoms with Crippen molar-refractivity contribution in [2.24, 2.45) is 11.8 Å². The van der Waals surface area contributed by atoms with Gasteiger partial charge in [-0.1, -0.05) is 0 Å². The Morgan fingerprint density at radius 2 is 1.92 bits per heavy atom. The van der Waals surface area contributed by atoms with E-state index in [0.29, 0.717) is 36.9 Å². The Labute approximate surface area is 146 Å². The van der Waals surface area contributed by atoms with Crippen molar-refractivity contribution in [3.8, 4) is 11.8 Å². The van der Waals surface area contributed by atoms with Crippen molar-refractivity contribution in [2.75, 3.05) is 31.2 Å². The first kappa shape index (κ1) is 16.8. The van der Waals surface area contributed by atoms with Gasteiger partial charge in [0, 0.05) is 30.2 Å². The van der Waals surface area contributed by atoms with E-state index in [0.717, 1.165) is 11.5 Å². The Balaban J connectivity index is 1.64. The molecule has 1 aromatic rings. The van der Waals surface area contributed by atoms with Gasteiger partial charge in [-0.25, -0.2) is 0 Å². The van der Waals surface area contributed by atoms with Gasteiger partial charge in [0.05, 0.1) is 12.7 Å². The molecular formula is C18H20N2O3S. The maximum Gasteiger partial charge on any atom is 0.248 e. The average Bonchev–Trinajstić information content (AvgIpc) is 3.46. The number of benzene rings is 1. The van der Waals surface area contributed by atoms with Crippen LogP contribution in [-0.2, 0) is 4.79 Å². The summed E-state index contributed by atoms with van der Waals surface area (Å²) >= 11 is 1.78. The lowest BCUT2D eigenvalue weighted by Crippen LogP contribution is -2.43. The molecule has 3 rings (SSSR count). The van der Waals surface area contributed by atoms with E-state index in [1.54, 1.807) is 40.9 Å². The molecule has 1 atom stereocenters. The molecule has 1 aliphatic carbocycles. The summed E-state index contributed by atoms with van der Waals surface area (Å²) in [6, 6.07) is 8.60. The molecule has 0 unspecified atom stereocenters. The van der Waals surface area contributed by atoms with Crippen LogP contribution < -0.4 is 4.74 Å². The van der Waals surface area contributed by atoms with E-state index in [4.69, 9.17) is 4.74 Å². The number of Topliss-reactive ketones (excluding diaryl/α,β-unsaturated/α-hetero) is 1. The molecule has 1 aliphatic heterocycles. The van der Waals surface area contributed by atoms with Crippen LogP contribution in [0, 0.1) is 23.2 Å². The summed E-state index contributed by atoms with van der Waals surface area (Å²) in [7, 11) is 0. The summed E-state index contributed by atoms with van der Waals surface area (Å²) in [4.78, 5) is 26.6. The highest BCUT2D eigenvalue weighted by molar-refractivity contribution is 7.99. The van der Waals surface area contributed by atoms with Gasteiger partial charge in [-0.2, -0.15) is 17.0 Å². The smallest absolute Gasteiger partial charge is 0.248 e. The monoisotopic (exact) mass is 344 g/mol. The van der Waals surface area contributed by atoms with E-state index in [1.165, 1.54) is 12.8 Å². The number of nitriles is 1. The molecule has 0 bridgehead atoms. The van der Waals surface area contributed by atoms with E-state index < -0.39 is 11.7 Å². The van der Waals surface area contributed by atoms with Gasteiger partial charge in [0.15, 0.2) is 11.7 Å². The number of ketones is 1. The number of rotatable bonds is 6. The minimum absolute atomic E-state index is 0.375. The molecule has 1 saturated heterocycles. The fraction of sp³-hybridized carbons (Fsp3) is 0.500. The summed E-state index contributed by atoms with van der Waals surface area (Å²) in [5.74, 6) is 1.01. The van der Waals surface area contributed by atoms with Crippen LogP contribution in [0.5, 0.6) is 5.75 Å². The third-order valence-electron chi connectivity index (χ3n) is 4.28. The first-order valence-electron chi connectivity index (χ1n) is 8.22. The van der Waals surface area contributed by atoms with Gasteiger partial charge in [-0.3, -0.25) is 9.59 Å². The molecule has 1 aromatic carbocycles. The molecule has 2 fully saturated rings. The van der Waals surface area contributed by atoms with Crippen molar-refractivity contribution in [1.29, 1.82) is 5.26 Å². The second-order valence-electron chi connectivity index (χ2n) is 6.14. The Kier molecular flexibility index (Phi) is 5.41. The van der Waals surface area contributed by atoms with Crippen LogP contribution in [0.4, 0.5) is 0 Å². The van der Waals surface area contributed by atoms with Crippen LogP contribution in [0.25, 0.3) is 0 Å². The van der Waals surface area contributed by atoms with Crippen molar-refractivity contribution in [3.05, 3.63) is 29.8 Å². The topological polar surface area (TPSA) is 70.4 Å². The molecule has 2 aliphatic rings. The van der Waals surface area contributed by atoms with Gasteiger partial charge in [0.25, 0.3) is 0 Å². The van der Waals surface area contributed by atoms with Crippen molar-refractivity contribution in [2.45, 2.75) is 12.8 Å². The zero-order chi connectivity index (χ0) is 16.9. The number of hydrogen-bond donors (Lipinski definition) is 0. The van der Waals surface area contributed by atoms with Crippen molar-refractivity contribution >= 4 is 23.5 Å². The first-order chi connectivity index (χ1) is 11.7. The number of carbonyl (C=O) groups excluding carboxylic acids is 2. The normalized spacial score (nSPS) is 18.5. The van der Waals surface area contributed by atoms with E-state index >= 15 is 0 Å². The predicted molar refractivity (Wildman–Crippen MR) is 92.0 cm³/mol. The zero-order valence-corrected chi connectivity index (χ0v) is 14.3. The predicted octanol–water partition coefficient (Wildman–Crippen LogP) is 2.37. The third kappa shape index (κ3) is 4.09. The van der Waals surface area contributed by atoms with E-state index in [2.05, 4.69) is 0 Å². The fourth-order valence-electron chi connectivity index (χ4n) is 2.57. The largest absolute Gasteiger partial charge is 0.493 e. The number of thioether (sulfide) groups is 1. The van der Waals surface area contributed by atoms with Gasteiger partial charge >= 0.3 is 0 Å². The van der Waals surface area contributed by atoms with E-state index in [-0.39, 0.29) is 5.91 Å². The minimum Gasteiger partial charge on any atom is -0.493 e. The number of ether oxygens (including phenoxy) is 1. The lowest BCUT2D eigenvalue weighted by atomic mass is 9.97. The fourth-order valence-corrected chi connectivity index (χ4v) is 3.48. The number of carbonyl (C=O) groups is 2. The second kappa shape index (κ2) is 7.71. The van der Waals surface area contributed by atoms with Crippen LogP contribution in [0.15, 0.2) is 24.3 Å². The van der Waals surface area contributed by atoms with Gasteiger partial charge in [-0.15, -0.1) is 0 Å². The Bertz CT molecular complexity index is 643. The van der Waals surface area contributed by atoms with E-state index in [1.807, 2.05) is 6.07 Å². The Morgan fingerprint density at radius 1 is 1.25 bits per heavy atom. The van der Waals surface area contributed by atoms with Gasteiger partial charge in [-0.05, 0) is 43.0 Å².